The molecule has 30 heavy (non-hydrogen) atoms. The Morgan fingerprint density at radius 1 is 1.27 bits per heavy atom. The average Bonchev–Trinajstić information content (AvgIpc) is 3.23. The fraction of sp³-hybridized carbons (Fsp3) is 0.318. The van der Waals surface area contributed by atoms with Crippen molar-refractivity contribution < 1.29 is 0 Å². The first-order valence-electron chi connectivity index (χ1n) is 10.0. The van der Waals surface area contributed by atoms with Crippen LogP contribution in [0.5, 0.6) is 0 Å². The number of nitrogens with two attached hydrogens (primary N) is 1. The molecule has 0 fully saturated rings. The van der Waals surface area contributed by atoms with E-state index in [4.69, 9.17) is 11.1 Å². The van der Waals surface area contributed by atoms with Gasteiger partial charge in [-0.05, 0) is 52.9 Å². The zero-order valence-electron chi connectivity index (χ0n) is 17.2. The minimum atomic E-state index is 0.108. The van der Waals surface area contributed by atoms with Gasteiger partial charge < -0.3 is 20.9 Å². The third kappa shape index (κ3) is 6.14. The van der Waals surface area contributed by atoms with Crippen molar-refractivity contribution >= 4 is 21.9 Å². The number of nitrogens with one attached hydrogen (secondary N) is 3. The van der Waals surface area contributed by atoms with Gasteiger partial charge in [-0.15, -0.1) is 0 Å². The molecule has 0 saturated carbocycles. The summed E-state index contributed by atoms with van der Waals surface area (Å²) in [5, 5.41) is 11.3. The van der Waals surface area contributed by atoms with Gasteiger partial charge in [0.1, 0.15) is 0 Å². The topological polar surface area (TPSA) is 107 Å². The van der Waals surface area contributed by atoms with Gasteiger partial charge in [0.2, 0.25) is 0 Å². The van der Waals surface area contributed by atoms with Crippen molar-refractivity contribution in [2.24, 2.45) is 5.73 Å². The largest absolute Gasteiger partial charge is 0.370 e. The Hall–Kier alpha value is -2.71. The lowest BCUT2D eigenvalue weighted by Crippen LogP contribution is -2.41. The second kappa shape index (κ2) is 10.9. The van der Waals surface area contributed by atoms with Gasteiger partial charge in [-0.1, -0.05) is 24.3 Å². The summed E-state index contributed by atoms with van der Waals surface area (Å²) in [6.45, 7) is 4.98. The van der Waals surface area contributed by atoms with Crippen LogP contribution in [-0.2, 0) is 13.0 Å². The van der Waals surface area contributed by atoms with E-state index in [0.29, 0.717) is 6.54 Å². The van der Waals surface area contributed by atoms with E-state index < -0.39 is 0 Å². The van der Waals surface area contributed by atoms with Gasteiger partial charge in [0, 0.05) is 54.3 Å². The number of aryl methyl sites for hydroxylation is 2. The van der Waals surface area contributed by atoms with Crippen LogP contribution in [0.1, 0.15) is 23.2 Å². The maximum atomic E-state index is 7.84. The van der Waals surface area contributed by atoms with Gasteiger partial charge in [0.15, 0.2) is 5.96 Å². The summed E-state index contributed by atoms with van der Waals surface area (Å²) in [4.78, 5) is 13.6. The molecule has 0 amide bonds. The van der Waals surface area contributed by atoms with Gasteiger partial charge in [-0.2, -0.15) is 0 Å². The van der Waals surface area contributed by atoms with E-state index in [2.05, 4.69) is 61.3 Å². The zero-order valence-corrected chi connectivity index (χ0v) is 18.7. The van der Waals surface area contributed by atoms with Crippen molar-refractivity contribution in [2.75, 3.05) is 19.6 Å². The smallest absolute Gasteiger partial charge is 0.188 e. The van der Waals surface area contributed by atoms with Gasteiger partial charge in [-0.3, -0.25) is 10.4 Å². The highest BCUT2D eigenvalue weighted by molar-refractivity contribution is 9.10. The van der Waals surface area contributed by atoms with Crippen LogP contribution in [0.25, 0.3) is 11.3 Å². The summed E-state index contributed by atoms with van der Waals surface area (Å²) >= 11 is 3.48. The molecule has 5 N–H and O–H groups in total. The summed E-state index contributed by atoms with van der Waals surface area (Å²) < 4.78 is 0.983. The third-order valence-electron chi connectivity index (χ3n) is 4.96. The normalized spacial score (nSPS) is 10.9. The lowest BCUT2D eigenvalue weighted by atomic mass is 10.0. The number of rotatable bonds is 10. The Labute approximate surface area is 185 Å². The molecule has 0 bridgehead atoms. The number of aromatic amines is 1. The van der Waals surface area contributed by atoms with Gasteiger partial charge in [0.05, 0.1) is 12.0 Å². The number of imidazole rings is 1. The van der Waals surface area contributed by atoms with E-state index >= 15 is 0 Å². The number of hydrogen-bond acceptors (Lipinski definition) is 4. The molecule has 0 unspecified atom stereocenters. The summed E-state index contributed by atoms with van der Waals surface area (Å²) in [6, 6.07) is 10.4. The summed E-state index contributed by atoms with van der Waals surface area (Å²) in [5.74, 6) is 0.108. The van der Waals surface area contributed by atoms with E-state index in [1.54, 1.807) is 6.33 Å². The molecule has 0 saturated heterocycles. The Balaban J connectivity index is 1.52. The second-order valence-electron chi connectivity index (χ2n) is 7.21. The van der Waals surface area contributed by atoms with Crippen LogP contribution < -0.4 is 11.1 Å². The van der Waals surface area contributed by atoms with Crippen LogP contribution in [0.15, 0.2) is 53.5 Å². The fourth-order valence-corrected chi connectivity index (χ4v) is 3.85. The Morgan fingerprint density at radius 2 is 2.10 bits per heavy atom. The maximum absolute atomic E-state index is 7.84. The molecule has 7 nitrogen and oxygen atoms in total. The molecule has 158 valence electrons. The highest BCUT2D eigenvalue weighted by atomic mass is 79.9. The molecule has 2 aromatic heterocycles. The molecule has 0 atom stereocenters. The minimum absolute atomic E-state index is 0.108. The maximum Gasteiger partial charge on any atom is 0.188 e. The Morgan fingerprint density at radius 3 is 2.83 bits per heavy atom. The average molecular weight is 470 g/mol. The third-order valence-corrected chi connectivity index (χ3v) is 5.39. The molecule has 0 radical (unpaired) electrons. The molecule has 1 aromatic carbocycles. The summed E-state index contributed by atoms with van der Waals surface area (Å²) in [5.41, 5.74) is 11.3. The number of nitrogens with zero attached hydrogens (tertiary/aromatic N) is 3. The molecule has 8 heteroatoms. The molecular weight excluding hydrogens is 442 g/mol. The van der Waals surface area contributed by atoms with Crippen LogP contribution >= 0.6 is 15.9 Å². The molecular formula is C22H28BrN7. The second-order valence-corrected chi connectivity index (χ2v) is 8.12. The van der Waals surface area contributed by atoms with Crippen molar-refractivity contribution in [1.29, 1.82) is 5.41 Å². The van der Waals surface area contributed by atoms with Crippen LogP contribution in [0, 0.1) is 12.3 Å². The molecule has 2 heterocycles. The van der Waals surface area contributed by atoms with Crippen molar-refractivity contribution in [2.45, 2.75) is 26.3 Å². The SMILES string of the molecule is Cc1cc(Br)cnc1-c1ccccc1CNCCN(CCCc1cnc[nH]1)C(=N)N. The van der Waals surface area contributed by atoms with E-state index in [1.807, 2.05) is 29.4 Å². The Bertz CT molecular complexity index is 956. The summed E-state index contributed by atoms with van der Waals surface area (Å²) in [6.07, 6.45) is 7.16. The first-order chi connectivity index (χ1) is 14.5. The minimum Gasteiger partial charge on any atom is -0.370 e. The zero-order chi connectivity index (χ0) is 21.3. The monoisotopic (exact) mass is 469 g/mol. The lowest BCUT2D eigenvalue weighted by Gasteiger charge is -2.23. The van der Waals surface area contributed by atoms with E-state index in [0.717, 1.165) is 59.5 Å². The van der Waals surface area contributed by atoms with Crippen LogP contribution in [-0.4, -0.2) is 45.4 Å². The van der Waals surface area contributed by atoms with E-state index in [1.165, 1.54) is 5.56 Å². The molecule has 3 rings (SSSR count). The number of halogens is 1. The lowest BCUT2D eigenvalue weighted by molar-refractivity contribution is 0.395. The quantitative estimate of drug-likeness (QED) is 0.206. The van der Waals surface area contributed by atoms with Crippen LogP contribution in [0.3, 0.4) is 0 Å². The van der Waals surface area contributed by atoms with Crippen molar-refractivity contribution in [3.8, 4) is 11.3 Å². The van der Waals surface area contributed by atoms with Crippen molar-refractivity contribution in [3.05, 3.63) is 70.3 Å². The number of H-pyrrole nitrogens is 1. The van der Waals surface area contributed by atoms with Gasteiger partial charge >= 0.3 is 0 Å². The van der Waals surface area contributed by atoms with E-state index in [-0.39, 0.29) is 5.96 Å². The number of pyridine rings is 1. The predicted octanol–water partition coefficient (Wildman–Crippen LogP) is 3.46. The molecule has 0 aliphatic carbocycles. The van der Waals surface area contributed by atoms with Crippen molar-refractivity contribution in [3.63, 3.8) is 0 Å². The Kier molecular flexibility index (Phi) is 7.98. The number of guanidine groups is 1. The standard InChI is InChI=1S/C22H28BrN7/c1-16-11-18(23)13-28-21(16)20-7-3-2-5-17(20)12-26-8-10-30(22(24)25)9-4-6-19-14-27-15-29-19/h2-3,5,7,11,13-15,26H,4,6,8-10,12H2,1H3,(H3,24,25)(H,27,29). The van der Waals surface area contributed by atoms with Gasteiger partial charge in [0.25, 0.3) is 0 Å². The number of benzene rings is 1. The van der Waals surface area contributed by atoms with E-state index in [9.17, 15) is 0 Å². The van der Waals surface area contributed by atoms with Gasteiger partial charge in [-0.25, -0.2) is 4.98 Å². The first-order valence-corrected chi connectivity index (χ1v) is 10.8. The molecule has 0 spiro atoms. The molecule has 0 aliphatic rings. The molecule has 3 aromatic rings. The number of hydrogen-bond donors (Lipinski definition) is 4. The fourth-order valence-electron chi connectivity index (χ4n) is 3.40. The van der Waals surface area contributed by atoms with Crippen LogP contribution in [0.2, 0.25) is 0 Å². The van der Waals surface area contributed by atoms with Crippen molar-refractivity contribution in [1.82, 2.24) is 25.2 Å². The number of aromatic nitrogens is 3. The first kappa shape index (κ1) is 22.0. The highest BCUT2D eigenvalue weighted by Gasteiger charge is 2.10. The highest BCUT2D eigenvalue weighted by Crippen LogP contribution is 2.26. The summed E-state index contributed by atoms with van der Waals surface area (Å²) in [7, 11) is 0. The molecule has 0 aliphatic heterocycles. The van der Waals surface area contributed by atoms with Crippen LogP contribution in [0.4, 0.5) is 0 Å². The predicted molar refractivity (Wildman–Crippen MR) is 124 cm³/mol.